The Labute approximate surface area is 198 Å². The summed E-state index contributed by atoms with van der Waals surface area (Å²) in [6.07, 6.45) is 3.19. The Balaban J connectivity index is 1.78. The van der Waals surface area contributed by atoms with E-state index in [1.165, 1.54) is 0 Å². The summed E-state index contributed by atoms with van der Waals surface area (Å²) in [5, 5.41) is 7.67. The van der Waals surface area contributed by atoms with E-state index in [4.69, 9.17) is 23.2 Å². The fourth-order valence-corrected chi connectivity index (χ4v) is 3.47. The van der Waals surface area contributed by atoms with Crippen LogP contribution in [0.2, 0.25) is 10.0 Å². The van der Waals surface area contributed by atoms with Crippen LogP contribution in [0, 0.1) is 0 Å². The molecule has 0 atom stereocenters. The van der Waals surface area contributed by atoms with E-state index in [1.807, 2.05) is 0 Å². The lowest BCUT2D eigenvalue weighted by Gasteiger charge is -2.12. The molecule has 0 unspecified atom stereocenters. The van der Waals surface area contributed by atoms with Crippen molar-refractivity contribution in [3.05, 3.63) is 121 Å². The van der Waals surface area contributed by atoms with E-state index in [0.717, 1.165) is 14.8 Å². The highest BCUT2D eigenvalue weighted by Gasteiger charge is 2.20. The first kappa shape index (κ1) is 22.4. The number of hydrogen-bond acceptors (Lipinski definition) is 5. The fraction of sp³-hybridized carbons (Fsp3) is 0.0870. The topological polar surface area (TPSA) is 98.9 Å². The molecule has 2 aromatic heterocycles. The van der Waals surface area contributed by atoms with E-state index >= 15 is 0 Å². The average molecular weight is 482 g/mol. The van der Waals surface area contributed by atoms with Gasteiger partial charge in [0, 0.05) is 29.0 Å². The molecule has 4 aromatic rings. The Bertz CT molecular complexity index is 1420. The standard InChI is InChI=1S/C23H17Cl2N5O3/c24-17-4-6-19(7-5-17)30-23(33)29(14-16-2-1-3-18(25)12-16)22(32)20(28-30)21(31)27-13-15-8-10-26-11-9-15/h1-12H,13-14H2,(H,27,31). The van der Waals surface area contributed by atoms with Gasteiger partial charge in [0.15, 0.2) is 0 Å². The van der Waals surface area contributed by atoms with Crippen LogP contribution >= 0.6 is 23.2 Å². The predicted octanol–water partition coefficient (Wildman–Crippen LogP) is 3.07. The molecule has 0 bridgehead atoms. The summed E-state index contributed by atoms with van der Waals surface area (Å²) in [5.41, 5.74) is -0.152. The highest BCUT2D eigenvalue weighted by molar-refractivity contribution is 6.30. The van der Waals surface area contributed by atoms with Gasteiger partial charge in [-0.25, -0.2) is 4.79 Å². The van der Waals surface area contributed by atoms with Gasteiger partial charge in [0.2, 0.25) is 5.69 Å². The molecule has 33 heavy (non-hydrogen) atoms. The zero-order valence-electron chi connectivity index (χ0n) is 17.1. The van der Waals surface area contributed by atoms with Crippen molar-refractivity contribution in [1.82, 2.24) is 24.6 Å². The monoisotopic (exact) mass is 481 g/mol. The maximum Gasteiger partial charge on any atom is 0.352 e. The van der Waals surface area contributed by atoms with Gasteiger partial charge in [-0.05, 0) is 59.7 Å². The van der Waals surface area contributed by atoms with Crippen LogP contribution in [0.25, 0.3) is 5.69 Å². The lowest BCUT2D eigenvalue weighted by atomic mass is 10.2. The van der Waals surface area contributed by atoms with Gasteiger partial charge in [-0.1, -0.05) is 35.3 Å². The number of aromatic nitrogens is 4. The van der Waals surface area contributed by atoms with E-state index in [-0.39, 0.29) is 13.1 Å². The molecule has 166 valence electrons. The van der Waals surface area contributed by atoms with Gasteiger partial charge in [-0.2, -0.15) is 9.78 Å². The number of halogens is 2. The third kappa shape index (κ3) is 5.19. The summed E-state index contributed by atoms with van der Waals surface area (Å²) in [6.45, 7) is 0.0792. The Morgan fingerprint density at radius 1 is 0.909 bits per heavy atom. The number of nitrogens with zero attached hydrogens (tertiary/aromatic N) is 4. The second-order valence-electron chi connectivity index (χ2n) is 7.08. The van der Waals surface area contributed by atoms with Crippen molar-refractivity contribution in [3.8, 4) is 5.69 Å². The minimum atomic E-state index is -0.808. The van der Waals surface area contributed by atoms with Gasteiger partial charge >= 0.3 is 5.69 Å². The van der Waals surface area contributed by atoms with E-state index in [0.29, 0.717) is 21.3 Å². The van der Waals surface area contributed by atoms with Crippen molar-refractivity contribution in [2.45, 2.75) is 13.1 Å². The van der Waals surface area contributed by atoms with Gasteiger partial charge in [0.25, 0.3) is 11.5 Å². The third-order valence-electron chi connectivity index (χ3n) is 4.78. The number of pyridine rings is 1. The summed E-state index contributed by atoms with van der Waals surface area (Å²) in [5.74, 6) is -0.709. The Morgan fingerprint density at radius 2 is 1.64 bits per heavy atom. The van der Waals surface area contributed by atoms with Crippen LogP contribution in [0.15, 0.2) is 82.6 Å². The molecule has 0 radical (unpaired) electrons. The molecule has 0 fully saturated rings. The minimum Gasteiger partial charge on any atom is -0.346 e. The Hall–Kier alpha value is -3.75. The highest BCUT2D eigenvalue weighted by Crippen LogP contribution is 2.13. The molecule has 1 N–H and O–H groups in total. The number of amides is 1. The molecule has 0 saturated carbocycles. The SMILES string of the molecule is O=C(NCc1ccncc1)c1nn(-c2ccc(Cl)cc2)c(=O)n(Cc2cccc(Cl)c2)c1=O. The second-order valence-corrected chi connectivity index (χ2v) is 7.95. The van der Waals surface area contributed by atoms with Gasteiger partial charge in [0.05, 0.1) is 12.2 Å². The summed E-state index contributed by atoms with van der Waals surface area (Å²) >= 11 is 12.0. The second kappa shape index (κ2) is 9.81. The molecule has 0 aliphatic rings. The minimum absolute atomic E-state index is 0.0844. The largest absolute Gasteiger partial charge is 0.352 e. The quantitative estimate of drug-likeness (QED) is 0.456. The summed E-state index contributed by atoms with van der Waals surface area (Å²) in [7, 11) is 0. The molecule has 0 aliphatic heterocycles. The molecule has 1 amide bonds. The highest BCUT2D eigenvalue weighted by atomic mass is 35.5. The third-order valence-corrected chi connectivity index (χ3v) is 5.27. The zero-order valence-corrected chi connectivity index (χ0v) is 18.6. The molecular weight excluding hydrogens is 465 g/mol. The number of rotatable bonds is 6. The molecule has 8 nitrogen and oxygen atoms in total. The first-order valence-corrected chi connectivity index (χ1v) is 10.6. The van der Waals surface area contributed by atoms with Crippen molar-refractivity contribution >= 4 is 29.1 Å². The van der Waals surface area contributed by atoms with Crippen LogP contribution in [0.4, 0.5) is 0 Å². The first-order valence-electron chi connectivity index (χ1n) is 9.84. The van der Waals surface area contributed by atoms with E-state index in [9.17, 15) is 14.4 Å². The smallest absolute Gasteiger partial charge is 0.346 e. The normalized spacial score (nSPS) is 10.7. The molecule has 2 aromatic carbocycles. The van der Waals surface area contributed by atoms with Crippen LogP contribution in [-0.4, -0.2) is 25.2 Å². The van der Waals surface area contributed by atoms with E-state index in [2.05, 4.69) is 15.4 Å². The van der Waals surface area contributed by atoms with Crippen LogP contribution in [-0.2, 0) is 13.1 Å². The van der Waals surface area contributed by atoms with Gasteiger partial charge in [-0.15, -0.1) is 0 Å². The van der Waals surface area contributed by atoms with Gasteiger partial charge in [0.1, 0.15) is 0 Å². The first-order chi connectivity index (χ1) is 15.9. The zero-order chi connectivity index (χ0) is 23.4. The molecule has 0 saturated heterocycles. The summed E-state index contributed by atoms with van der Waals surface area (Å²) < 4.78 is 1.96. The van der Waals surface area contributed by atoms with Crippen LogP contribution in [0.3, 0.4) is 0 Å². The summed E-state index contributed by atoms with van der Waals surface area (Å²) in [6, 6.07) is 16.6. The van der Waals surface area contributed by atoms with E-state index < -0.39 is 22.9 Å². The number of carbonyl (C=O) groups is 1. The van der Waals surface area contributed by atoms with Crippen molar-refractivity contribution in [1.29, 1.82) is 0 Å². The van der Waals surface area contributed by atoms with Crippen LogP contribution in [0.1, 0.15) is 21.6 Å². The maximum absolute atomic E-state index is 13.2. The lowest BCUT2D eigenvalue weighted by Crippen LogP contribution is -2.46. The van der Waals surface area contributed by atoms with Crippen LogP contribution < -0.4 is 16.6 Å². The predicted molar refractivity (Wildman–Crippen MR) is 125 cm³/mol. The van der Waals surface area contributed by atoms with Crippen molar-refractivity contribution < 1.29 is 4.79 Å². The number of carbonyl (C=O) groups excluding carboxylic acids is 1. The molecular formula is C23H17Cl2N5O3. The molecule has 10 heteroatoms. The van der Waals surface area contributed by atoms with Gasteiger partial charge < -0.3 is 5.32 Å². The maximum atomic E-state index is 13.2. The summed E-state index contributed by atoms with van der Waals surface area (Å²) in [4.78, 5) is 43.1. The Kier molecular flexibility index (Phi) is 6.67. The van der Waals surface area contributed by atoms with E-state index in [1.54, 1.807) is 73.1 Å². The van der Waals surface area contributed by atoms with Crippen molar-refractivity contribution in [2.24, 2.45) is 0 Å². The molecule has 0 spiro atoms. The van der Waals surface area contributed by atoms with Crippen molar-refractivity contribution in [2.75, 3.05) is 0 Å². The number of hydrogen-bond donors (Lipinski definition) is 1. The Morgan fingerprint density at radius 3 is 2.33 bits per heavy atom. The average Bonchev–Trinajstić information content (AvgIpc) is 2.82. The van der Waals surface area contributed by atoms with Crippen molar-refractivity contribution in [3.63, 3.8) is 0 Å². The molecule has 0 aliphatic carbocycles. The fourth-order valence-electron chi connectivity index (χ4n) is 3.13. The lowest BCUT2D eigenvalue weighted by molar-refractivity contribution is 0.0941. The van der Waals surface area contributed by atoms with Crippen LogP contribution in [0.5, 0.6) is 0 Å². The number of nitrogens with one attached hydrogen (secondary N) is 1. The number of benzene rings is 2. The van der Waals surface area contributed by atoms with Gasteiger partial charge in [-0.3, -0.25) is 19.1 Å². The molecule has 2 heterocycles. The molecule has 4 rings (SSSR count).